The zero-order valence-corrected chi connectivity index (χ0v) is 26.3. The van der Waals surface area contributed by atoms with Gasteiger partial charge < -0.3 is 57.4 Å². The van der Waals surface area contributed by atoms with Crippen LogP contribution in [0.15, 0.2) is 36.9 Å². The molecule has 0 saturated carbocycles. The number of benzene rings is 1. The number of amides is 1. The number of hydrogen-bond acceptors (Lipinski definition) is 12. The maximum Gasteiger partial charge on any atom is 0.221 e. The van der Waals surface area contributed by atoms with Crippen molar-refractivity contribution in [1.82, 2.24) is 0 Å². The summed E-state index contributed by atoms with van der Waals surface area (Å²) >= 11 is 0. The quantitative estimate of drug-likeness (QED) is 0.0885. The Morgan fingerprint density at radius 2 is 0.818 bits per heavy atom. The maximum atomic E-state index is 11.0. The molecule has 13 nitrogen and oxygen atoms in total. The van der Waals surface area contributed by atoms with Crippen molar-refractivity contribution in [3.05, 3.63) is 36.9 Å². The van der Waals surface area contributed by atoms with Gasteiger partial charge in [0.15, 0.2) is 0 Å². The molecule has 1 amide bonds. The number of hydrogen-bond donors (Lipinski definition) is 1. The summed E-state index contributed by atoms with van der Waals surface area (Å²) in [4.78, 5) is 11.0. The monoisotopic (exact) mass is 631 g/mol. The zero-order valence-electron chi connectivity index (χ0n) is 26.3. The fourth-order valence-corrected chi connectivity index (χ4v) is 3.20. The first-order valence-corrected chi connectivity index (χ1v) is 15.1. The topological polar surface area (TPSA) is 131 Å². The highest BCUT2D eigenvalue weighted by molar-refractivity contribution is 5.88. The number of rotatable bonds is 34. The molecule has 0 heterocycles. The van der Waals surface area contributed by atoms with E-state index in [1.54, 1.807) is 30.3 Å². The predicted octanol–water partition coefficient (Wildman–Crippen LogP) is 2.38. The van der Waals surface area contributed by atoms with Crippen molar-refractivity contribution in [3.63, 3.8) is 0 Å². The molecule has 1 N–H and O–H groups in total. The highest BCUT2D eigenvalue weighted by atomic mass is 16.6. The highest BCUT2D eigenvalue weighted by Gasteiger charge is 1.99. The number of nitrogens with one attached hydrogen (secondary N) is 1. The lowest BCUT2D eigenvalue weighted by atomic mass is 10.3. The van der Waals surface area contributed by atoms with E-state index in [1.807, 2.05) is 0 Å². The second kappa shape index (κ2) is 32.2. The third-order valence-electron chi connectivity index (χ3n) is 5.25. The van der Waals surface area contributed by atoms with Crippen LogP contribution >= 0.6 is 0 Å². The first-order chi connectivity index (χ1) is 21.7. The molecule has 0 radical (unpaired) electrons. The molecule has 0 atom stereocenters. The number of anilines is 1. The Kier molecular flexibility index (Phi) is 29.2. The third-order valence-corrected chi connectivity index (χ3v) is 5.25. The van der Waals surface area contributed by atoms with Crippen LogP contribution in [-0.4, -0.2) is 145 Å². The third kappa shape index (κ3) is 28.6. The summed E-state index contributed by atoms with van der Waals surface area (Å²) in [7, 11) is 0. The van der Waals surface area contributed by atoms with Crippen LogP contribution in [-0.2, 0) is 52.2 Å². The molecule has 0 saturated heterocycles. The molecule has 0 aliphatic heterocycles. The lowest BCUT2D eigenvalue weighted by Gasteiger charge is -2.09. The minimum Gasteiger partial charge on any atom is -0.491 e. The van der Waals surface area contributed by atoms with E-state index in [1.165, 1.54) is 6.92 Å². The Morgan fingerprint density at radius 3 is 1.11 bits per heavy atom. The van der Waals surface area contributed by atoms with Crippen LogP contribution in [0.3, 0.4) is 0 Å². The van der Waals surface area contributed by atoms with Crippen LogP contribution in [0.2, 0.25) is 0 Å². The lowest BCUT2D eigenvalue weighted by Crippen LogP contribution is -2.15. The molecule has 0 unspecified atom stereocenters. The molecule has 1 aromatic carbocycles. The molecule has 1 aromatic rings. The van der Waals surface area contributed by atoms with E-state index in [0.717, 1.165) is 11.4 Å². The molecular weight excluding hydrogens is 578 g/mol. The molecule has 0 aliphatic rings. The summed E-state index contributed by atoms with van der Waals surface area (Å²) in [5.41, 5.74) is 0.732. The molecule has 0 fully saturated rings. The van der Waals surface area contributed by atoms with E-state index in [-0.39, 0.29) is 5.91 Å². The zero-order chi connectivity index (χ0) is 31.6. The molecule has 0 spiro atoms. The van der Waals surface area contributed by atoms with Gasteiger partial charge in [-0.15, -0.1) is 6.58 Å². The van der Waals surface area contributed by atoms with Gasteiger partial charge in [-0.25, -0.2) is 0 Å². The first-order valence-electron chi connectivity index (χ1n) is 15.1. The van der Waals surface area contributed by atoms with Crippen molar-refractivity contribution in [2.45, 2.75) is 6.92 Å². The molecule has 1 rings (SSSR count). The van der Waals surface area contributed by atoms with Crippen molar-refractivity contribution in [2.24, 2.45) is 0 Å². The van der Waals surface area contributed by atoms with Crippen molar-refractivity contribution in [1.29, 1.82) is 0 Å². The van der Waals surface area contributed by atoms with E-state index in [4.69, 9.17) is 52.1 Å². The average molecular weight is 632 g/mol. The molecule has 0 aliphatic carbocycles. The van der Waals surface area contributed by atoms with Gasteiger partial charge in [-0.1, -0.05) is 6.08 Å². The highest BCUT2D eigenvalue weighted by Crippen LogP contribution is 2.15. The fourth-order valence-electron chi connectivity index (χ4n) is 3.20. The Hall–Kier alpha value is -2.17. The second-order valence-electron chi connectivity index (χ2n) is 8.93. The van der Waals surface area contributed by atoms with Gasteiger partial charge in [0, 0.05) is 12.6 Å². The number of ether oxygens (including phenoxy) is 11. The normalized spacial score (nSPS) is 11.1. The number of carbonyl (C=O) groups is 1. The number of carbonyl (C=O) groups excluding carboxylic acids is 1. The van der Waals surface area contributed by atoms with Gasteiger partial charge in [-0.05, 0) is 24.3 Å². The summed E-state index contributed by atoms with van der Waals surface area (Å²) < 4.78 is 59.9. The molecule has 0 aromatic heterocycles. The van der Waals surface area contributed by atoms with Crippen molar-refractivity contribution in [3.8, 4) is 5.75 Å². The Balaban J connectivity index is 1.67. The molecule has 254 valence electrons. The minimum absolute atomic E-state index is 0.108. The lowest BCUT2D eigenvalue weighted by molar-refractivity contribution is -0.114. The van der Waals surface area contributed by atoms with E-state index in [9.17, 15) is 4.79 Å². The SMILES string of the molecule is C=CCOCCOCCOCCOCCOCCOCCOCCOCCOCCOCCOc1ccc(NC(C)=O)cc1. The minimum atomic E-state index is -0.108. The van der Waals surface area contributed by atoms with Crippen LogP contribution in [0.1, 0.15) is 6.92 Å². The van der Waals surface area contributed by atoms with Crippen molar-refractivity contribution < 1.29 is 56.9 Å². The van der Waals surface area contributed by atoms with Gasteiger partial charge in [0.2, 0.25) is 5.91 Å². The summed E-state index contributed by atoms with van der Waals surface area (Å²) in [6.45, 7) is 15.7. The van der Waals surface area contributed by atoms with Gasteiger partial charge in [0.1, 0.15) is 12.4 Å². The average Bonchev–Trinajstić information content (AvgIpc) is 3.02. The summed E-state index contributed by atoms with van der Waals surface area (Å²) in [6, 6.07) is 7.18. The standard InChI is InChI=1S/C31H53NO12/c1-3-8-34-9-10-35-11-12-36-13-14-37-15-16-38-17-18-39-19-20-40-21-22-41-23-24-42-25-26-43-27-28-44-31-6-4-30(5-7-31)32-29(2)33/h3-7H,1,8-28H2,2H3,(H,32,33). The molecule has 44 heavy (non-hydrogen) atoms. The second-order valence-corrected chi connectivity index (χ2v) is 8.93. The van der Waals surface area contributed by atoms with E-state index in [0.29, 0.717) is 139 Å². The maximum absolute atomic E-state index is 11.0. The van der Waals surface area contributed by atoms with Gasteiger partial charge in [0.05, 0.1) is 132 Å². The van der Waals surface area contributed by atoms with E-state index < -0.39 is 0 Å². The first kappa shape index (κ1) is 39.9. The van der Waals surface area contributed by atoms with Crippen LogP contribution in [0, 0.1) is 0 Å². The van der Waals surface area contributed by atoms with Crippen LogP contribution in [0.4, 0.5) is 5.69 Å². The van der Waals surface area contributed by atoms with E-state index >= 15 is 0 Å². The van der Waals surface area contributed by atoms with Gasteiger partial charge in [-0.2, -0.15) is 0 Å². The van der Waals surface area contributed by atoms with Gasteiger partial charge >= 0.3 is 0 Å². The van der Waals surface area contributed by atoms with Crippen molar-refractivity contribution in [2.75, 3.05) is 144 Å². The Morgan fingerprint density at radius 1 is 0.523 bits per heavy atom. The Bertz CT molecular complexity index is 769. The predicted molar refractivity (Wildman–Crippen MR) is 165 cm³/mol. The fraction of sp³-hybridized carbons (Fsp3) is 0.710. The van der Waals surface area contributed by atoms with Gasteiger partial charge in [-0.3, -0.25) is 4.79 Å². The smallest absolute Gasteiger partial charge is 0.221 e. The molecule has 13 heteroatoms. The largest absolute Gasteiger partial charge is 0.491 e. The Labute approximate surface area is 262 Å². The van der Waals surface area contributed by atoms with Gasteiger partial charge in [0.25, 0.3) is 0 Å². The van der Waals surface area contributed by atoms with Crippen LogP contribution in [0.25, 0.3) is 0 Å². The molecular formula is C31H53NO12. The van der Waals surface area contributed by atoms with Crippen LogP contribution in [0.5, 0.6) is 5.75 Å². The van der Waals surface area contributed by atoms with Crippen molar-refractivity contribution >= 4 is 11.6 Å². The van der Waals surface area contributed by atoms with E-state index in [2.05, 4.69) is 11.9 Å². The molecule has 0 bridgehead atoms. The summed E-state index contributed by atoms with van der Waals surface area (Å²) in [5.74, 6) is 0.609. The summed E-state index contributed by atoms with van der Waals surface area (Å²) in [5, 5.41) is 2.71. The summed E-state index contributed by atoms with van der Waals surface area (Å²) in [6.07, 6.45) is 1.71. The van der Waals surface area contributed by atoms with Crippen LogP contribution < -0.4 is 10.1 Å².